The van der Waals surface area contributed by atoms with Crippen LogP contribution in [0.5, 0.6) is 0 Å². The average molecular weight is 299 g/mol. The maximum absolute atomic E-state index is 12.5. The van der Waals surface area contributed by atoms with Crippen LogP contribution in [0, 0.1) is 6.92 Å². The fraction of sp³-hybridized carbons (Fsp3) is 0.333. The number of carbonyl (C=O) groups is 2. The fourth-order valence-electron chi connectivity index (χ4n) is 2.50. The molecule has 0 unspecified atom stereocenters. The van der Waals surface area contributed by atoms with Gasteiger partial charge in [0.15, 0.2) is 5.82 Å². The van der Waals surface area contributed by atoms with Gasteiger partial charge >= 0.3 is 0 Å². The van der Waals surface area contributed by atoms with Crippen molar-refractivity contribution in [1.29, 1.82) is 0 Å². The summed E-state index contributed by atoms with van der Waals surface area (Å²) < 4.78 is 1.88. The van der Waals surface area contributed by atoms with Gasteiger partial charge in [-0.1, -0.05) is 0 Å². The van der Waals surface area contributed by atoms with Crippen molar-refractivity contribution in [3.63, 3.8) is 0 Å². The quantitative estimate of drug-likeness (QED) is 0.918. The Morgan fingerprint density at radius 2 is 2.27 bits per heavy atom. The number of hydrogen-bond donors (Lipinski definition) is 1. The Balaban J connectivity index is 1.80. The summed E-state index contributed by atoms with van der Waals surface area (Å²) in [6.07, 6.45) is 5.98. The Morgan fingerprint density at radius 3 is 3.00 bits per heavy atom. The average Bonchev–Trinajstić information content (AvgIpc) is 2.90. The summed E-state index contributed by atoms with van der Waals surface area (Å²) in [5.74, 6) is 0.211. The standard InChI is InChI=1S/C15H17N5O2/c1-10-5-6-17-15-14(10)18-12(21)8-20(15)13(22)4-3-11-7-16-9-19(11)2/h5-7,9H,3-4,8H2,1-2H3,(H,18,21). The number of amides is 2. The molecule has 0 aliphatic carbocycles. The zero-order valence-corrected chi connectivity index (χ0v) is 12.5. The molecule has 0 saturated carbocycles. The first-order valence-corrected chi connectivity index (χ1v) is 7.07. The molecule has 0 bridgehead atoms. The van der Waals surface area contributed by atoms with E-state index in [-0.39, 0.29) is 18.4 Å². The SMILES string of the molecule is Cc1ccnc2c1NC(=O)CN2C(=O)CCc1cncn1C. The summed E-state index contributed by atoms with van der Waals surface area (Å²) in [6, 6.07) is 1.81. The molecule has 1 N–H and O–H groups in total. The molecule has 1 aliphatic rings. The Morgan fingerprint density at radius 1 is 1.45 bits per heavy atom. The van der Waals surface area contributed by atoms with Gasteiger partial charge in [0.05, 0.1) is 12.0 Å². The molecule has 0 saturated heterocycles. The number of hydrogen-bond acceptors (Lipinski definition) is 4. The second-order valence-electron chi connectivity index (χ2n) is 5.35. The summed E-state index contributed by atoms with van der Waals surface area (Å²) in [5, 5.41) is 2.78. The molecule has 0 fully saturated rings. The molecule has 0 aromatic carbocycles. The Hall–Kier alpha value is -2.70. The van der Waals surface area contributed by atoms with Crippen molar-refractivity contribution >= 4 is 23.3 Å². The first-order chi connectivity index (χ1) is 10.6. The van der Waals surface area contributed by atoms with Gasteiger partial charge in [-0.25, -0.2) is 9.97 Å². The van der Waals surface area contributed by atoms with Crippen molar-refractivity contribution in [2.45, 2.75) is 19.8 Å². The Bertz CT molecular complexity index is 737. The van der Waals surface area contributed by atoms with E-state index in [1.807, 2.05) is 24.6 Å². The first-order valence-electron chi connectivity index (χ1n) is 7.07. The minimum absolute atomic E-state index is 0.00761. The number of nitrogens with zero attached hydrogens (tertiary/aromatic N) is 4. The number of fused-ring (bicyclic) bond motifs is 1. The Labute approximate surface area is 128 Å². The van der Waals surface area contributed by atoms with Crippen molar-refractivity contribution in [3.05, 3.63) is 36.0 Å². The van der Waals surface area contributed by atoms with E-state index in [4.69, 9.17) is 0 Å². The molecule has 0 atom stereocenters. The first kappa shape index (κ1) is 14.2. The molecule has 7 nitrogen and oxygen atoms in total. The molecular formula is C15H17N5O2. The molecule has 2 aromatic rings. The lowest BCUT2D eigenvalue weighted by Gasteiger charge is -2.29. The molecule has 2 amide bonds. The fourth-order valence-corrected chi connectivity index (χ4v) is 2.50. The third-order valence-electron chi connectivity index (χ3n) is 3.77. The lowest BCUT2D eigenvalue weighted by Crippen LogP contribution is -2.43. The van der Waals surface area contributed by atoms with E-state index < -0.39 is 0 Å². The van der Waals surface area contributed by atoms with Gasteiger partial charge in [0.1, 0.15) is 6.54 Å². The van der Waals surface area contributed by atoms with Crippen LogP contribution in [0.3, 0.4) is 0 Å². The highest BCUT2D eigenvalue weighted by Crippen LogP contribution is 2.30. The molecule has 3 rings (SSSR count). The number of aryl methyl sites for hydroxylation is 3. The van der Waals surface area contributed by atoms with E-state index in [0.717, 1.165) is 11.3 Å². The summed E-state index contributed by atoms with van der Waals surface area (Å²) in [5.41, 5.74) is 2.49. The summed E-state index contributed by atoms with van der Waals surface area (Å²) in [6.45, 7) is 1.89. The minimum Gasteiger partial charge on any atom is -0.338 e. The maximum Gasteiger partial charge on any atom is 0.244 e. The zero-order valence-electron chi connectivity index (χ0n) is 12.5. The molecule has 114 valence electrons. The lowest BCUT2D eigenvalue weighted by molar-refractivity contribution is -0.121. The van der Waals surface area contributed by atoms with Gasteiger partial charge in [-0.3, -0.25) is 14.5 Å². The van der Waals surface area contributed by atoms with Crippen LogP contribution >= 0.6 is 0 Å². The summed E-state index contributed by atoms with van der Waals surface area (Å²) in [7, 11) is 1.89. The molecule has 2 aromatic heterocycles. The van der Waals surface area contributed by atoms with Crippen molar-refractivity contribution in [2.75, 3.05) is 16.8 Å². The molecule has 22 heavy (non-hydrogen) atoms. The maximum atomic E-state index is 12.5. The van der Waals surface area contributed by atoms with E-state index in [1.165, 1.54) is 4.90 Å². The molecule has 0 radical (unpaired) electrons. The number of nitrogens with one attached hydrogen (secondary N) is 1. The Kier molecular flexibility index (Phi) is 3.62. The van der Waals surface area contributed by atoms with E-state index in [9.17, 15) is 9.59 Å². The second kappa shape index (κ2) is 5.59. The van der Waals surface area contributed by atoms with Crippen LogP contribution in [0.25, 0.3) is 0 Å². The number of imidazole rings is 1. The molecular weight excluding hydrogens is 282 g/mol. The normalized spacial score (nSPS) is 13.7. The lowest BCUT2D eigenvalue weighted by atomic mass is 10.1. The predicted molar refractivity (Wildman–Crippen MR) is 81.5 cm³/mol. The predicted octanol–water partition coefficient (Wildman–Crippen LogP) is 1.04. The molecule has 1 aliphatic heterocycles. The van der Waals surface area contributed by atoms with Gasteiger partial charge in [-0.05, 0) is 25.0 Å². The topological polar surface area (TPSA) is 80.1 Å². The van der Waals surface area contributed by atoms with E-state index in [0.29, 0.717) is 24.3 Å². The van der Waals surface area contributed by atoms with Gasteiger partial charge in [0.25, 0.3) is 0 Å². The van der Waals surface area contributed by atoms with Crippen LogP contribution in [0.2, 0.25) is 0 Å². The van der Waals surface area contributed by atoms with Crippen LogP contribution in [-0.2, 0) is 23.1 Å². The van der Waals surface area contributed by atoms with Gasteiger partial charge in [-0.15, -0.1) is 0 Å². The van der Waals surface area contributed by atoms with Gasteiger partial charge in [0.2, 0.25) is 11.8 Å². The molecule has 3 heterocycles. The third kappa shape index (κ3) is 2.57. The largest absolute Gasteiger partial charge is 0.338 e. The van der Waals surface area contributed by atoms with Gasteiger partial charge < -0.3 is 9.88 Å². The summed E-state index contributed by atoms with van der Waals surface area (Å²) >= 11 is 0. The van der Waals surface area contributed by atoms with Crippen LogP contribution in [0.1, 0.15) is 17.7 Å². The number of aromatic nitrogens is 3. The highest BCUT2D eigenvalue weighted by Gasteiger charge is 2.28. The minimum atomic E-state index is -0.197. The third-order valence-corrected chi connectivity index (χ3v) is 3.77. The monoisotopic (exact) mass is 299 g/mol. The molecule has 7 heteroatoms. The van der Waals surface area contributed by atoms with E-state index >= 15 is 0 Å². The highest BCUT2D eigenvalue weighted by atomic mass is 16.2. The number of rotatable bonds is 3. The van der Waals surface area contributed by atoms with Crippen LogP contribution in [-0.4, -0.2) is 32.9 Å². The second-order valence-corrected chi connectivity index (χ2v) is 5.35. The number of anilines is 2. The van der Waals surface area contributed by atoms with Crippen LogP contribution in [0.15, 0.2) is 24.8 Å². The van der Waals surface area contributed by atoms with Crippen LogP contribution in [0.4, 0.5) is 11.5 Å². The summed E-state index contributed by atoms with van der Waals surface area (Å²) in [4.78, 5) is 34.1. The van der Waals surface area contributed by atoms with Crippen molar-refractivity contribution in [1.82, 2.24) is 14.5 Å². The number of pyridine rings is 1. The van der Waals surface area contributed by atoms with Crippen LogP contribution < -0.4 is 10.2 Å². The van der Waals surface area contributed by atoms with Crippen molar-refractivity contribution in [2.24, 2.45) is 7.05 Å². The smallest absolute Gasteiger partial charge is 0.244 e. The zero-order chi connectivity index (χ0) is 15.7. The van der Waals surface area contributed by atoms with Crippen molar-refractivity contribution in [3.8, 4) is 0 Å². The molecule has 0 spiro atoms. The van der Waals surface area contributed by atoms with Gasteiger partial charge in [-0.2, -0.15) is 0 Å². The van der Waals surface area contributed by atoms with E-state index in [1.54, 1.807) is 18.7 Å². The van der Waals surface area contributed by atoms with Crippen molar-refractivity contribution < 1.29 is 9.59 Å². The van der Waals surface area contributed by atoms with Gasteiger partial charge in [0, 0.05) is 31.6 Å². The van der Waals surface area contributed by atoms with E-state index in [2.05, 4.69) is 15.3 Å². The number of carbonyl (C=O) groups excluding carboxylic acids is 2. The highest BCUT2D eigenvalue weighted by molar-refractivity contribution is 6.09.